The van der Waals surface area contributed by atoms with Gasteiger partial charge in [-0.1, -0.05) is 12.8 Å². The molecule has 5 heteroatoms. The Hall–Kier alpha value is -1.62. The van der Waals surface area contributed by atoms with E-state index in [1.807, 2.05) is 0 Å². The van der Waals surface area contributed by atoms with E-state index in [0.717, 1.165) is 31.7 Å². The van der Waals surface area contributed by atoms with Crippen molar-refractivity contribution >= 4 is 11.6 Å². The summed E-state index contributed by atoms with van der Waals surface area (Å²) in [7, 11) is 0. The summed E-state index contributed by atoms with van der Waals surface area (Å²) >= 11 is 0. The molecule has 0 saturated heterocycles. The minimum atomic E-state index is -0.588. The van der Waals surface area contributed by atoms with E-state index in [9.17, 15) is 14.3 Å². The van der Waals surface area contributed by atoms with Gasteiger partial charge in [0.2, 0.25) is 0 Å². The molecule has 2 unspecified atom stereocenters. The minimum Gasteiger partial charge on any atom is -0.396 e. The first kappa shape index (κ1) is 13.8. The summed E-state index contributed by atoms with van der Waals surface area (Å²) < 4.78 is 13.3. The summed E-state index contributed by atoms with van der Waals surface area (Å²) in [6, 6.07) is 3.99. The molecule has 0 heterocycles. The molecule has 2 atom stereocenters. The van der Waals surface area contributed by atoms with Gasteiger partial charge in [0.25, 0.3) is 5.91 Å². The Morgan fingerprint density at radius 1 is 1.42 bits per heavy atom. The first-order valence-electron chi connectivity index (χ1n) is 6.58. The fraction of sp³-hybridized carbons (Fsp3) is 0.500. The van der Waals surface area contributed by atoms with Crippen molar-refractivity contribution in [3.8, 4) is 0 Å². The number of benzene rings is 1. The van der Waals surface area contributed by atoms with Crippen molar-refractivity contribution in [2.45, 2.75) is 31.7 Å². The first-order valence-corrected chi connectivity index (χ1v) is 6.58. The van der Waals surface area contributed by atoms with Crippen LogP contribution < -0.4 is 11.1 Å². The number of rotatable bonds is 3. The topological polar surface area (TPSA) is 75.4 Å². The number of nitrogen functional groups attached to an aromatic ring is 1. The molecule has 1 aliphatic rings. The molecule has 4 nitrogen and oxygen atoms in total. The number of anilines is 1. The van der Waals surface area contributed by atoms with Gasteiger partial charge >= 0.3 is 0 Å². The second-order valence-electron chi connectivity index (χ2n) is 5.04. The second-order valence-corrected chi connectivity index (χ2v) is 5.04. The van der Waals surface area contributed by atoms with Crippen LogP contribution in [-0.2, 0) is 0 Å². The third-order valence-electron chi connectivity index (χ3n) is 3.72. The Kier molecular flexibility index (Phi) is 4.37. The molecular weight excluding hydrogens is 247 g/mol. The van der Waals surface area contributed by atoms with Crippen LogP contribution in [0.15, 0.2) is 18.2 Å². The smallest absolute Gasteiger partial charge is 0.251 e. The van der Waals surface area contributed by atoms with Crippen molar-refractivity contribution in [1.29, 1.82) is 0 Å². The lowest BCUT2D eigenvalue weighted by Gasteiger charge is -2.30. The highest BCUT2D eigenvalue weighted by atomic mass is 19.1. The van der Waals surface area contributed by atoms with Crippen LogP contribution in [0.2, 0.25) is 0 Å². The van der Waals surface area contributed by atoms with Crippen molar-refractivity contribution in [3.05, 3.63) is 29.6 Å². The molecule has 1 fully saturated rings. The number of aliphatic hydroxyl groups is 1. The van der Waals surface area contributed by atoms with E-state index in [-0.39, 0.29) is 35.7 Å². The predicted octanol–water partition coefficient (Wildman–Crippen LogP) is 1.69. The molecule has 1 saturated carbocycles. The normalized spacial score (nSPS) is 23.1. The molecule has 1 aromatic carbocycles. The third-order valence-corrected chi connectivity index (χ3v) is 3.72. The van der Waals surface area contributed by atoms with Crippen molar-refractivity contribution in [1.82, 2.24) is 5.32 Å². The van der Waals surface area contributed by atoms with Gasteiger partial charge in [0.05, 0.1) is 5.69 Å². The summed E-state index contributed by atoms with van der Waals surface area (Å²) in [6.45, 7) is 0.0705. The quantitative estimate of drug-likeness (QED) is 0.729. The van der Waals surface area contributed by atoms with Crippen LogP contribution in [0.4, 0.5) is 10.1 Å². The zero-order chi connectivity index (χ0) is 13.8. The lowest BCUT2D eigenvalue weighted by atomic mass is 9.85. The van der Waals surface area contributed by atoms with Gasteiger partial charge in [0.15, 0.2) is 0 Å². The molecule has 1 aromatic rings. The molecule has 0 aromatic heterocycles. The van der Waals surface area contributed by atoms with E-state index in [4.69, 9.17) is 5.73 Å². The molecule has 19 heavy (non-hydrogen) atoms. The van der Waals surface area contributed by atoms with Gasteiger partial charge in [-0.3, -0.25) is 4.79 Å². The van der Waals surface area contributed by atoms with Crippen molar-refractivity contribution in [3.63, 3.8) is 0 Å². The third kappa shape index (κ3) is 3.23. The molecule has 4 N–H and O–H groups in total. The van der Waals surface area contributed by atoms with Crippen LogP contribution in [0, 0.1) is 11.7 Å². The maximum atomic E-state index is 13.3. The SMILES string of the molecule is Nc1ccc(C(=O)NC2CCCCC2CO)cc1F. The number of carbonyl (C=O) groups is 1. The van der Waals surface area contributed by atoms with E-state index in [2.05, 4.69) is 5.32 Å². The van der Waals surface area contributed by atoms with Crippen LogP contribution in [0.3, 0.4) is 0 Å². The first-order chi connectivity index (χ1) is 9.11. The predicted molar refractivity (Wildman–Crippen MR) is 71.1 cm³/mol. The van der Waals surface area contributed by atoms with E-state index >= 15 is 0 Å². The summed E-state index contributed by atoms with van der Waals surface area (Å²) in [4.78, 5) is 12.0. The van der Waals surface area contributed by atoms with Crippen LogP contribution in [0.25, 0.3) is 0 Å². The number of hydrogen-bond donors (Lipinski definition) is 3. The summed E-state index contributed by atoms with van der Waals surface area (Å²) in [5, 5.41) is 12.2. The number of nitrogens with two attached hydrogens (primary N) is 1. The molecule has 0 bridgehead atoms. The molecule has 2 rings (SSSR count). The zero-order valence-electron chi connectivity index (χ0n) is 10.7. The lowest BCUT2D eigenvalue weighted by Crippen LogP contribution is -2.43. The highest BCUT2D eigenvalue weighted by Gasteiger charge is 2.26. The number of amides is 1. The van der Waals surface area contributed by atoms with E-state index < -0.39 is 5.82 Å². The molecule has 0 spiro atoms. The van der Waals surface area contributed by atoms with Gasteiger partial charge < -0.3 is 16.2 Å². The Morgan fingerprint density at radius 3 is 2.84 bits per heavy atom. The van der Waals surface area contributed by atoms with Crippen LogP contribution in [0.1, 0.15) is 36.0 Å². The van der Waals surface area contributed by atoms with E-state index in [1.54, 1.807) is 0 Å². The number of nitrogens with one attached hydrogen (secondary N) is 1. The number of hydrogen-bond acceptors (Lipinski definition) is 3. The van der Waals surface area contributed by atoms with Gasteiger partial charge in [-0.05, 0) is 31.0 Å². The number of aliphatic hydroxyl groups excluding tert-OH is 1. The Balaban J connectivity index is 2.05. The van der Waals surface area contributed by atoms with Crippen molar-refractivity contribution < 1.29 is 14.3 Å². The van der Waals surface area contributed by atoms with Gasteiger partial charge in [-0.25, -0.2) is 4.39 Å². The summed E-state index contributed by atoms with van der Waals surface area (Å²) in [5.41, 5.74) is 5.67. The number of halogens is 1. The van der Waals surface area contributed by atoms with Gasteiger partial charge in [-0.2, -0.15) is 0 Å². The monoisotopic (exact) mass is 266 g/mol. The molecule has 1 aliphatic carbocycles. The molecule has 0 radical (unpaired) electrons. The summed E-state index contributed by atoms with van der Waals surface area (Å²) in [6.07, 6.45) is 3.89. The Labute approximate surface area is 111 Å². The standard InChI is InChI=1S/C14H19FN2O2/c15-11-7-9(5-6-12(11)16)14(19)17-13-4-2-1-3-10(13)8-18/h5-7,10,13,18H,1-4,8,16H2,(H,17,19). The maximum Gasteiger partial charge on any atom is 0.251 e. The average molecular weight is 266 g/mol. The second kappa shape index (κ2) is 6.02. The van der Waals surface area contributed by atoms with Crippen molar-refractivity contribution in [2.75, 3.05) is 12.3 Å². The Bertz CT molecular complexity index is 465. The molecular formula is C14H19FN2O2. The molecule has 1 amide bonds. The zero-order valence-corrected chi connectivity index (χ0v) is 10.7. The number of carbonyl (C=O) groups excluding carboxylic acids is 1. The van der Waals surface area contributed by atoms with Gasteiger partial charge in [-0.15, -0.1) is 0 Å². The van der Waals surface area contributed by atoms with E-state index in [0.29, 0.717) is 0 Å². The molecule has 104 valence electrons. The minimum absolute atomic E-state index is 0.0300. The van der Waals surface area contributed by atoms with Crippen LogP contribution in [-0.4, -0.2) is 23.7 Å². The maximum absolute atomic E-state index is 13.3. The fourth-order valence-electron chi connectivity index (χ4n) is 2.54. The largest absolute Gasteiger partial charge is 0.396 e. The highest BCUT2D eigenvalue weighted by Crippen LogP contribution is 2.24. The lowest BCUT2D eigenvalue weighted by molar-refractivity contribution is 0.0872. The van der Waals surface area contributed by atoms with Gasteiger partial charge in [0, 0.05) is 24.1 Å². The van der Waals surface area contributed by atoms with E-state index in [1.165, 1.54) is 12.1 Å². The average Bonchev–Trinajstić information content (AvgIpc) is 2.42. The van der Waals surface area contributed by atoms with Crippen LogP contribution >= 0.6 is 0 Å². The van der Waals surface area contributed by atoms with Crippen LogP contribution in [0.5, 0.6) is 0 Å². The summed E-state index contributed by atoms with van der Waals surface area (Å²) in [5.74, 6) is -0.810. The Morgan fingerprint density at radius 2 is 2.16 bits per heavy atom. The molecule has 0 aliphatic heterocycles. The van der Waals surface area contributed by atoms with Gasteiger partial charge in [0.1, 0.15) is 5.82 Å². The highest BCUT2D eigenvalue weighted by molar-refractivity contribution is 5.94. The van der Waals surface area contributed by atoms with Crippen molar-refractivity contribution in [2.24, 2.45) is 5.92 Å². The fourth-order valence-corrected chi connectivity index (χ4v) is 2.54.